The molecule has 0 amide bonds. The minimum atomic E-state index is 0.365. The molecule has 0 fully saturated rings. The van der Waals surface area contributed by atoms with Crippen molar-refractivity contribution in [1.82, 2.24) is 0 Å². The summed E-state index contributed by atoms with van der Waals surface area (Å²) in [6.45, 7) is 0.667. The Bertz CT molecular complexity index is 284. The van der Waals surface area contributed by atoms with E-state index in [9.17, 15) is 0 Å². The van der Waals surface area contributed by atoms with E-state index in [1.807, 2.05) is 12.2 Å². The molecule has 60 valence electrons. The van der Waals surface area contributed by atoms with Gasteiger partial charge in [-0.1, -0.05) is 34.5 Å². The predicted octanol–water partition coefficient (Wildman–Crippen LogP) is 1.92. The van der Waals surface area contributed by atoms with Crippen LogP contribution in [0.25, 0.3) is 0 Å². The summed E-state index contributed by atoms with van der Waals surface area (Å²) in [7, 11) is 0. The molecule has 1 aliphatic heterocycles. The van der Waals surface area contributed by atoms with Crippen molar-refractivity contribution in [3.63, 3.8) is 0 Å². The molecule has 12 heavy (non-hydrogen) atoms. The summed E-state index contributed by atoms with van der Waals surface area (Å²) in [4.78, 5) is 4.10. The quantitative estimate of drug-likeness (QED) is 0.594. The van der Waals surface area contributed by atoms with Crippen LogP contribution >= 0.6 is 0 Å². The summed E-state index contributed by atoms with van der Waals surface area (Å²) in [5, 5.41) is 13.8. The number of hydrogen-bond acceptors (Lipinski definition) is 3. The minimum absolute atomic E-state index is 0.365. The van der Waals surface area contributed by atoms with Crippen molar-refractivity contribution < 1.29 is 0 Å². The molecule has 0 unspecified atom stereocenters. The van der Waals surface area contributed by atoms with Gasteiger partial charge < -0.3 is 0 Å². The highest BCUT2D eigenvalue weighted by molar-refractivity contribution is 5.81. The van der Waals surface area contributed by atoms with Gasteiger partial charge in [0, 0.05) is 5.92 Å². The van der Waals surface area contributed by atoms with Crippen molar-refractivity contribution in [2.75, 3.05) is 6.54 Å². The number of hydrogen-bond donors (Lipinski definition) is 0. The van der Waals surface area contributed by atoms with Crippen LogP contribution in [0.1, 0.15) is 0 Å². The minimum Gasteiger partial charge on any atom is -0.246 e. The lowest BCUT2D eigenvalue weighted by Gasteiger charge is -1.96. The topological polar surface area (TPSA) is 61.8 Å². The lowest BCUT2D eigenvalue weighted by molar-refractivity contribution is 0.829. The van der Waals surface area contributed by atoms with Crippen molar-refractivity contribution in [1.29, 1.82) is 0 Å². The molecule has 0 N–H and O–H groups in total. The Kier molecular flexibility index (Phi) is 1.85. The van der Waals surface area contributed by atoms with Gasteiger partial charge in [0.2, 0.25) is 0 Å². The van der Waals surface area contributed by atoms with E-state index in [1.54, 1.807) is 0 Å². The van der Waals surface area contributed by atoms with Crippen molar-refractivity contribution in [3.05, 3.63) is 24.3 Å². The van der Waals surface area contributed by atoms with E-state index >= 15 is 0 Å². The van der Waals surface area contributed by atoms with Gasteiger partial charge in [-0.05, 0) is 10.4 Å². The molecule has 1 aliphatic carbocycles. The fourth-order valence-electron chi connectivity index (χ4n) is 0.990. The maximum atomic E-state index is 4.10. The van der Waals surface area contributed by atoms with Crippen LogP contribution in [-0.4, -0.2) is 12.5 Å². The molecule has 0 aromatic carbocycles. The van der Waals surface area contributed by atoms with Crippen LogP contribution in [0.2, 0.25) is 0 Å². The lowest BCUT2D eigenvalue weighted by Crippen LogP contribution is -1.96. The highest BCUT2D eigenvalue weighted by Gasteiger charge is 2.04. The highest BCUT2D eigenvalue weighted by Crippen LogP contribution is 2.09. The number of allylic oxidation sites excluding steroid dienone is 2. The summed E-state index contributed by atoms with van der Waals surface area (Å²) in [5.74, 6) is 0.743. The smallest absolute Gasteiger partial charge is 0.246 e. The van der Waals surface area contributed by atoms with E-state index in [-0.39, 0.29) is 0 Å². The molecule has 0 aromatic rings. The standard InChI is InChI=1S/C7H7N5/c1-2-4-6(3-1)5-8-7-9-11-12-10-7/h1-4,6H,5H2. The second-order valence-electron chi connectivity index (χ2n) is 2.45. The maximum Gasteiger partial charge on any atom is 0.287 e. The lowest BCUT2D eigenvalue weighted by atomic mass is 10.2. The van der Waals surface area contributed by atoms with Crippen molar-refractivity contribution in [3.8, 4) is 0 Å². The molecule has 1 heterocycles. The van der Waals surface area contributed by atoms with Gasteiger partial charge in [-0.2, -0.15) is 0 Å². The molecule has 0 atom stereocenters. The zero-order valence-electron chi connectivity index (χ0n) is 6.33. The second kappa shape index (κ2) is 3.17. The van der Waals surface area contributed by atoms with Crippen LogP contribution in [-0.2, 0) is 0 Å². The molecule has 0 aromatic heterocycles. The van der Waals surface area contributed by atoms with E-state index in [0.717, 1.165) is 0 Å². The van der Waals surface area contributed by atoms with Gasteiger partial charge in [-0.15, -0.1) is 0 Å². The van der Waals surface area contributed by atoms with Gasteiger partial charge in [0.25, 0.3) is 5.96 Å². The second-order valence-corrected chi connectivity index (χ2v) is 2.45. The molecule has 5 heteroatoms. The van der Waals surface area contributed by atoms with Gasteiger partial charge in [0.1, 0.15) is 0 Å². The number of guanidine groups is 1. The van der Waals surface area contributed by atoms with Crippen molar-refractivity contribution in [2.24, 2.45) is 31.6 Å². The molecule has 0 saturated carbocycles. The Morgan fingerprint density at radius 2 is 1.83 bits per heavy atom. The Balaban J connectivity index is 1.92. The van der Waals surface area contributed by atoms with Crippen LogP contribution in [0.3, 0.4) is 0 Å². The fourth-order valence-corrected chi connectivity index (χ4v) is 0.990. The largest absolute Gasteiger partial charge is 0.287 e. The van der Waals surface area contributed by atoms with Crippen LogP contribution < -0.4 is 0 Å². The number of aliphatic imine (C=N–C) groups is 1. The SMILES string of the molecule is C1=CC(CN=C2N=NN=N2)C=C1. The first-order valence-corrected chi connectivity index (χ1v) is 3.66. The Hall–Kier alpha value is -1.65. The van der Waals surface area contributed by atoms with Crippen LogP contribution in [0, 0.1) is 5.92 Å². The van der Waals surface area contributed by atoms with Gasteiger partial charge in [0.05, 0.1) is 6.54 Å². The molecule has 5 nitrogen and oxygen atoms in total. The van der Waals surface area contributed by atoms with Crippen LogP contribution in [0.5, 0.6) is 0 Å². The van der Waals surface area contributed by atoms with E-state index < -0.39 is 0 Å². The predicted molar refractivity (Wildman–Crippen MR) is 43.8 cm³/mol. The normalized spacial score (nSPS) is 19.8. The first-order chi connectivity index (χ1) is 5.95. The number of rotatable bonds is 2. The first kappa shape index (κ1) is 7.02. The first-order valence-electron chi connectivity index (χ1n) is 3.66. The third-order valence-corrected chi connectivity index (χ3v) is 1.58. The monoisotopic (exact) mass is 161 g/mol. The van der Waals surface area contributed by atoms with Crippen LogP contribution in [0.4, 0.5) is 0 Å². The Labute approximate surface area is 69.3 Å². The molecule has 0 saturated heterocycles. The average Bonchev–Trinajstić information content (AvgIpc) is 2.74. The van der Waals surface area contributed by atoms with Crippen molar-refractivity contribution in [2.45, 2.75) is 0 Å². The summed E-state index contributed by atoms with van der Waals surface area (Å²) in [5.41, 5.74) is 0. The molecule has 2 rings (SSSR count). The Morgan fingerprint density at radius 1 is 1.17 bits per heavy atom. The van der Waals surface area contributed by atoms with Crippen LogP contribution in [0.15, 0.2) is 50.0 Å². The average molecular weight is 161 g/mol. The molecular weight excluding hydrogens is 154 g/mol. The molecule has 0 bridgehead atoms. The third-order valence-electron chi connectivity index (χ3n) is 1.58. The summed E-state index contributed by atoms with van der Waals surface area (Å²) in [6, 6.07) is 0. The molecule has 2 aliphatic rings. The fraction of sp³-hybridized carbons (Fsp3) is 0.286. The molecule has 0 spiro atoms. The van der Waals surface area contributed by atoms with E-state index in [4.69, 9.17) is 0 Å². The van der Waals surface area contributed by atoms with Gasteiger partial charge in [-0.25, -0.2) is 4.99 Å². The summed E-state index contributed by atoms with van der Waals surface area (Å²) in [6.07, 6.45) is 8.16. The van der Waals surface area contributed by atoms with E-state index in [0.29, 0.717) is 18.4 Å². The van der Waals surface area contributed by atoms with E-state index in [1.165, 1.54) is 0 Å². The molecular formula is C7H7N5. The highest BCUT2D eigenvalue weighted by atomic mass is 15.6. The van der Waals surface area contributed by atoms with Gasteiger partial charge in [0.15, 0.2) is 0 Å². The molecule has 0 radical (unpaired) electrons. The summed E-state index contributed by atoms with van der Waals surface area (Å²) < 4.78 is 0. The number of nitrogens with zero attached hydrogens (tertiary/aromatic N) is 5. The van der Waals surface area contributed by atoms with Gasteiger partial charge in [-0.3, -0.25) is 0 Å². The third kappa shape index (κ3) is 1.50. The van der Waals surface area contributed by atoms with Crippen molar-refractivity contribution >= 4 is 5.96 Å². The zero-order chi connectivity index (χ0) is 8.23. The van der Waals surface area contributed by atoms with Gasteiger partial charge >= 0.3 is 0 Å². The maximum absolute atomic E-state index is 4.10. The zero-order valence-corrected chi connectivity index (χ0v) is 6.33. The van der Waals surface area contributed by atoms with E-state index in [2.05, 4.69) is 37.8 Å². The summed E-state index contributed by atoms with van der Waals surface area (Å²) >= 11 is 0. The Morgan fingerprint density at radius 3 is 2.50 bits per heavy atom.